The molecule has 0 unspecified atom stereocenters. The lowest BCUT2D eigenvalue weighted by Crippen LogP contribution is -2.48. The van der Waals surface area contributed by atoms with E-state index >= 15 is 0 Å². The fourth-order valence-corrected chi connectivity index (χ4v) is 5.09. The van der Waals surface area contributed by atoms with E-state index in [1.165, 1.54) is 10.6 Å². The molecule has 0 spiro atoms. The van der Waals surface area contributed by atoms with Crippen LogP contribution in [0.15, 0.2) is 42.5 Å². The van der Waals surface area contributed by atoms with Crippen molar-refractivity contribution in [2.24, 2.45) is 5.92 Å². The molecule has 0 saturated carbocycles. The van der Waals surface area contributed by atoms with E-state index in [4.69, 9.17) is 0 Å². The molecule has 0 aliphatic carbocycles. The van der Waals surface area contributed by atoms with Crippen LogP contribution < -0.4 is 9.62 Å². The quantitative estimate of drug-likeness (QED) is 0.455. The van der Waals surface area contributed by atoms with Crippen LogP contribution >= 0.6 is 0 Å². The number of hydrogen-bond donors (Lipinski definition) is 1. The van der Waals surface area contributed by atoms with Gasteiger partial charge in [0.05, 0.1) is 11.9 Å². The SMILES string of the molecule is Cc1cccc(CN(C(=O)CCCN(c2cc(C)cc(C)c2)S(C)(=O)=O)[C@@H](C)C(=O)NCC(C)C)c1. The number of carbonyl (C=O) groups is 2. The zero-order chi connectivity index (χ0) is 27.0. The molecule has 0 radical (unpaired) electrons. The van der Waals surface area contributed by atoms with Crippen LogP contribution in [0.25, 0.3) is 0 Å². The van der Waals surface area contributed by atoms with Crippen molar-refractivity contribution in [1.82, 2.24) is 10.2 Å². The molecular weight excluding hydrogens is 474 g/mol. The normalized spacial score (nSPS) is 12.3. The van der Waals surface area contributed by atoms with Gasteiger partial charge in [0.15, 0.2) is 0 Å². The third kappa shape index (κ3) is 8.97. The number of nitrogens with zero attached hydrogens (tertiary/aromatic N) is 2. The maximum atomic E-state index is 13.4. The Bertz CT molecular complexity index is 1140. The highest BCUT2D eigenvalue weighted by Crippen LogP contribution is 2.22. The highest BCUT2D eigenvalue weighted by molar-refractivity contribution is 7.92. The Morgan fingerprint density at radius 1 is 0.944 bits per heavy atom. The zero-order valence-corrected chi connectivity index (χ0v) is 23.5. The van der Waals surface area contributed by atoms with Gasteiger partial charge in [0, 0.05) is 26.1 Å². The molecule has 0 bridgehead atoms. The Balaban J connectivity index is 2.18. The Hall–Kier alpha value is -2.87. The molecule has 1 atom stereocenters. The van der Waals surface area contributed by atoms with Crippen molar-refractivity contribution in [1.29, 1.82) is 0 Å². The molecule has 198 valence electrons. The van der Waals surface area contributed by atoms with E-state index in [0.717, 1.165) is 22.3 Å². The van der Waals surface area contributed by atoms with Gasteiger partial charge in [-0.1, -0.05) is 49.7 Å². The first-order valence-electron chi connectivity index (χ1n) is 12.5. The summed E-state index contributed by atoms with van der Waals surface area (Å²) in [5, 5.41) is 2.92. The van der Waals surface area contributed by atoms with Crippen molar-refractivity contribution in [3.63, 3.8) is 0 Å². The zero-order valence-electron chi connectivity index (χ0n) is 22.7. The molecule has 8 heteroatoms. The van der Waals surface area contributed by atoms with Gasteiger partial charge in [-0.25, -0.2) is 8.42 Å². The number of carbonyl (C=O) groups excluding carboxylic acids is 2. The first-order valence-corrected chi connectivity index (χ1v) is 14.3. The minimum atomic E-state index is -3.52. The number of rotatable bonds is 12. The molecular formula is C28H41N3O4S. The molecule has 2 aromatic carbocycles. The highest BCUT2D eigenvalue weighted by Gasteiger charge is 2.26. The van der Waals surface area contributed by atoms with Crippen LogP contribution in [-0.2, 0) is 26.2 Å². The Labute approximate surface area is 216 Å². The van der Waals surface area contributed by atoms with Crippen molar-refractivity contribution in [3.05, 3.63) is 64.7 Å². The Kier molecular flexibility index (Phi) is 10.5. The van der Waals surface area contributed by atoms with Gasteiger partial charge in [-0.05, 0) is 68.9 Å². The third-order valence-electron chi connectivity index (χ3n) is 5.93. The number of anilines is 1. The molecule has 2 rings (SSSR count). The van der Waals surface area contributed by atoms with E-state index in [2.05, 4.69) is 5.32 Å². The summed E-state index contributed by atoms with van der Waals surface area (Å²) < 4.78 is 26.4. The minimum absolute atomic E-state index is 0.129. The third-order valence-corrected chi connectivity index (χ3v) is 7.13. The van der Waals surface area contributed by atoms with Gasteiger partial charge in [0.25, 0.3) is 0 Å². The summed E-state index contributed by atoms with van der Waals surface area (Å²) >= 11 is 0. The number of sulfonamides is 1. The predicted octanol–water partition coefficient (Wildman–Crippen LogP) is 4.35. The van der Waals surface area contributed by atoms with Crippen LogP contribution in [0.4, 0.5) is 5.69 Å². The van der Waals surface area contributed by atoms with Gasteiger partial charge < -0.3 is 10.2 Å². The van der Waals surface area contributed by atoms with Gasteiger partial charge in [0.1, 0.15) is 6.04 Å². The van der Waals surface area contributed by atoms with E-state index in [1.807, 2.05) is 77.1 Å². The second kappa shape index (κ2) is 12.9. The van der Waals surface area contributed by atoms with Crippen LogP contribution in [0.3, 0.4) is 0 Å². The average molecular weight is 516 g/mol. The second-order valence-electron chi connectivity index (χ2n) is 10.1. The van der Waals surface area contributed by atoms with Crippen LogP contribution in [0, 0.1) is 26.7 Å². The first kappa shape index (κ1) is 29.4. The van der Waals surface area contributed by atoms with Crippen LogP contribution in [0.1, 0.15) is 55.9 Å². The highest BCUT2D eigenvalue weighted by atomic mass is 32.2. The lowest BCUT2D eigenvalue weighted by atomic mass is 10.1. The van der Waals surface area contributed by atoms with Crippen molar-refractivity contribution < 1.29 is 18.0 Å². The summed E-state index contributed by atoms with van der Waals surface area (Å²) in [4.78, 5) is 27.8. The van der Waals surface area contributed by atoms with Crippen LogP contribution in [0.2, 0.25) is 0 Å². The molecule has 2 aromatic rings. The summed E-state index contributed by atoms with van der Waals surface area (Å²) in [7, 11) is -3.52. The van der Waals surface area contributed by atoms with Crippen LogP contribution in [-0.4, -0.2) is 50.5 Å². The summed E-state index contributed by atoms with van der Waals surface area (Å²) in [6.45, 7) is 12.6. The molecule has 7 nitrogen and oxygen atoms in total. The molecule has 0 aromatic heterocycles. The Morgan fingerprint density at radius 3 is 2.14 bits per heavy atom. The molecule has 0 aliphatic heterocycles. The fourth-order valence-electron chi connectivity index (χ4n) is 4.14. The second-order valence-corrected chi connectivity index (χ2v) is 12.0. The molecule has 2 amide bonds. The van der Waals surface area contributed by atoms with E-state index in [-0.39, 0.29) is 24.8 Å². The van der Waals surface area contributed by atoms with E-state index < -0.39 is 16.1 Å². The van der Waals surface area contributed by atoms with Gasteiger partial charge in [0.2, 0.25) is 21.8 Å². The molecule has 0 fully saturated rings. The van der Waals surface area contributed by atoms with E-state index in [0.29, 0.717) is 31.1 Å². The van der Waals surface area contributed by atoms with Gasteiger partial charge in [-0.2, -0.15) is 0 Å². The average Bonchev–Trinajstić information content (AvgIpc) is 2.76. The monoisotopic (exact) mass is 515 g/mol. The number of aryl methyl sites for hydroxylation is 3. The number of hydrogen-bond acceptors (Lipinski definition) is 4. The summed E-state index contributed by atoms with van der Waals surface area (Å²) in [5.41, 5.74) is 4.56. The summed E-state index contributed by atoms with van der Waals surface area (Å²) in [5.74, 6) is -0.0791. The molecule has 0 heterocycles. The topological polar surface area (TPSA) is 86.8 Å². The first-order chi connectivity index (χ1) is 16.8. The van der Waals surface area contributed by atoms with Crippen molar-refractivity contribution in [2.45, 2.75) is 67.0 Å². The largest absolute Gasteiger partial charge is 0.354 e. The minimum Gasteiger partial charge on any atom is -0.354 e. The predicted molar refractivity (Wildman–Crippen MR) is 146 cm³/mol. The summed E-state index contributed by atoms with van der Waals surface area (Å²) in [6, 6.07) is 12.9. The van der Waals surface area contributed by atoms with E-state index in [1.54, 1.807) is 11.8 Å². The summed E-state index contributed by atoms with van der Waals surface area (Å²) in [6.07, 6.45) is 1.64. The van der Waals surface area contributed by atoms with Crippen LogP contribution in [0.5, 0.6) is 0 Å². The van der Waals surface area contributed by atoms with Gasteiger partial charge >= 0.3 is 0 Å². The van der Waals surface area contributed by atoms with Crippen molar-refractivity contribution >= 4 is 27.5 Å². The molecule has 0 saturated heterocycles. The molecule has 0 aliphatic rings. The van der Waals surface area contributed by atoms with E-state index in [9.17, 15) is 18.0 Å². The lowest BCUT2D eigenvalue weighted by Gasteiger charge is -2.30. The molecule has 1 N–H and O–H groups in total. The lowest BCUT2D eigenvalue weighted by molar-refractivity contribution is -0.140. The number of amides is 2. The number of benzene rings is 2. The fraction of sp³-hybridized carbons (Fsp3) is 0.500. The number of nitrogens with one attached hydrogen (secondary N) is 1. The van der Waals surface area contributed by atoms with Crippen molar-refractivity contribution in [3.8, 4) is 0 Å². The smallest absolute Gasteiger partial charge is 0.242 e. The van der Waals surface area contributed by atoms with Gasteiger partial charge in [-0.3, -0.25) is 13.9 Å². The van der Waals surface area contributed by atoms with Gasteiger partial charge in [-0.15, -0.1) is 0 Å². The standard InChI is InChI=1S/C28H41N3O4S/c1-20(2)18-29-28(33)24(6)30(19-25-11-8-10-21(3)15-25)27(32)12-9-13-31(36(7,34)35)26-16-22(4)14-23(5)17-26/h8,10-11,14-17,20,24H,9,12-13,18-19H2,1-7H3,(H,29,33)/t24-/m0/s1. The molecule has 36 heavy (non-hydrogen) atoms. The Morgan fingerprint density at radius 2 is 1.58 bits per heavy atom. The maximum Gasteiger partial charge on any atom is 0.242 e. The maximum absolute atomic E-state index is 13.4. The van der Waals surface area contributed by atoms with Crippen molar-refractivity contribution in [2.75, 3.05) is 23.7 Å².